The van der Waals surface area contributed by atoms with E-state index in [1.807, 2.05) is 0 Å². The molecule has 0 saturated heterocycles. The highest BCUT2D eigenvalue weighted by molar-refractivity contribution is 9.10. The topological polar surface area (TPSA) is 40.5 Å². The minimum atomic E-state index is -0.0605. The van der Waals surface area contributed by atoms with E-state index in [9.17, 15) is 0 Å². The second-order valence-electron chi connectivity index (χ2n) is 1.93. The van der Waals surface area contributed by atoms with Crippen LogP contribution >= 0.6 is 15.9 Å². The fourth-order valence-electron chi connectivity index (χ4n) is 0.682. The predicted octanol–water partition coefficient (Wildman–Crippen LogP) is 1.65. The van der Waals surface area contributed by atoms with Gasteiger partial charge in [0.25, 0.3) is 0 Å². The summed E-state index contributed by atoms with van der Waals surface area (Å²) >= 11 is 3.22. The zero-order valence-electron chi connectivity index (χ0n) is 5.21. The molecular formula is C7H7BrO2. The normalized spacial score (nSPS) is 9.80. The number of benzene rings is 1. The molecule has 0 radical (unpaired) electrons. The van der Waals surface area contributed by atoms with Crippen molar-refractivity contribution >= 4 is 15.9 Å². The first-order chi connectivity index (χ1) is 4.74. The molecule has 1 aromatic rings. The van der Waals surface area contributed by atoms with E-state index < -0.39 is 0 Å². The second kappa shape index (κ2) is 3.03. The van der Waals surface area contributed by atoms with E-state index in [1.54, 1.807) is 12.1 Å². The summed E-state index contributed by atoms with van der Waals surface area (Å²) in [4.78, 5) is 0. The molecule has 0 spiro atoms. The molecule has 10 heavy (non-hydrogen) atoms. The number of halogens is 1. The Hall–Kier alpha value is -0.540. The zero-order chi connectivity index (χ0) is 7.56. The SMILES string of the molecule is OCc1cc(O)ccc1Br. The Morgan fingerprint density at radius 1 is 1.40 bits per heavy atom. The van der Waals surface area contributed by atoms with Gasteiger partial charge in [0.15, 0.2) is 0 Å². The number of phenolic OH excluding ortho intramolecular Hbond substituents is 1. The lowest BCUT2D eigenvalue weighted by molar-refractivity contribution is 0.280. The highest BCUT2D eigenvalue weighted by atomic mass is 79.9. The van der Waals surface area contributed by atoms with Crippen LogP contribution in [0.3, 0.4) is 0 Å². The lowest BCUT2D eigenvalue weighted by Crippen LogP contribution is -1.83. The molecular weight excluding hydrogens is 196 g/mol. The Labute approximate surface area is 67.3 Å². The molecule has 0 unspecified atom stereocenters. The quantitative estimate of drug-likeness (QED) is 0.728. The average molecular weight is 203 g/mol. The molecule has 2 nitrogen and oxygen atoms in total. The van der Waals surface area contributed by atoms with Crippen LogP contribution in [0.1, 0.15) is 5.56 Å². The van der Waals surface area contributed by atoms with Crippen LogP contribution in [0.5, 0.6) is 5.75 Å². The lowest BCUT2D eigenvalue weighted by Gasteiger charge is -1.99. The van der Waals surface area contributed by atoms with Crippen molar-refractivity contribution in [3.05, 3.63) is 28.2 Å². The molecule has 2 N–H and O–H groups in total. The zero-order valence-corrected chi connectivity index (χ0v) is 6.80. The first-order valence-corrected chi connectivity index (χ1v) is 3.61. The summed E-state index contributed by atoms with van der Waals surface area (Å²) in [5.74, 6) is 0.173. The van der Waals surface area contributed by atoms with Crippen LogP contribution in [-0.2, 0) is 6.61 Å². The van der Waals surface area contributed by atoms with E-state index in [2.05, 4.69) is 15.9 Å². The number of hydrogen-bond donors (Lipinski definition) is 2. The Balaban J connectivity index is 3.09. The van der Waals surface area contributed by atoms with Gasteiger partial charge in [-0.25, -0.2) is 0 Å². The largest absolute Gasteiger partial charge is 0.508 e. The molecule has 3 heteroatoms. The Bertz CT molecular complexity index is 235. The van der Waals surface area contributed by atoms with Gasteiger partial charge in [0.05, 0.1) is 6.61 Å². The standard InChI is InChI=1S/C7H7BrO2/c8-7-2-1-6(10)3-5(7)4-9/h1-3,9-10H,4H2. The molecule has 1 aromatic carbocycles. The van der Waals surface area contributed by atoms with Crippen LogP contribution in [0.25, 0.3) is 0 Å². The summed E-state index contributed by atoms with van der Waals surface area (Å²) < 4.78 is 0.813. The van der Waals surface area contributed by atoms with Gasteiger partial charge in [0.2, 0.25) is 0 Å². The number of hydrogen-bond acceptors (Lipinski definition) is 2. The van der Waals surface area contributed by atoms with E-state index in [1.165, 1.54) is 6.07 Å². The summed E-state index contributed by atoms with van der Waals surface area (Å²) in [7, 11) is 0. The van der Waals surface area contributed by atoms with Gasteiger partial charge in [0.1, 0.15) is 5.75 Å². The maximum absolute atomic E-state index is 8.94. The third-order valence-electron chi connectivity index (χ3n) is 1.20. The molecule has 54 valence electrons. The number of rotatable bonds is 1. The molecule has 0 heterocycles. The molecule has 0 aliphatic heterocycles. The van der Waals surface area contributed by atoms with Crippen molar-refractivity contribution in [2.45, 2.75) is 6.61 Å². The Kier molecular flexibility index (Phi) is 2.29. The van der Waals surface area contributed by atoms with Gasteiger partial charge in [-0.2, -0.15) is 0 Å². The van der Waals surface area contributed by atoms with Gasteiger partial charge in [-0.3, -0.25) is 0 Å². The van der Waals surface area contributed by atoms with E-state index in [0.29, 0.717) is 5.56 Å². The van der Waals surface area contributed by atoms with Crippen LogP contribution in [0.2, 0.25) is 0 Å². The number of phenols is 1. The van der Waals surface area contributed by atoms with Gasteiger partial charge >= 0.3 is 0 Å². The van der Waals surface area contributed by atoms with Gasteiger partial charge in [-0.1, -0.05) is 15.9 Å². The summed E-state index contributed by atoms with van der Waals surface area (Å²) in [5.41, 5.74) is 0.694. The molecule has 0 atom stereocenters. The molecule has 0 aliphatic rings. The minimum Gasteiger partial charge on any atom is -0.508 e. The number of aliphatic hydroxyl groups excluding tert-OH is 1. The van der Waals surface area contributed by atoms with E-state index in [-0.39, 0.29) is 12.4 Å². The third kappa shape index (κ3) is 1.49. The van der Waals surface area contributed by atoms with Crippen LogP contribution in [0, 0.1) is 0 Å². The van der Waals surface area contributed by atoms with E-state index in [0.717, 1.165) is 4.47 Å². The maximum Gasteiger partial charge on any atom is 0.116 e. The highest BCUT2D eigenvalue weighted by Gasteiger charge is 1.97. The van der Waals surface area contributed by atoms with Crippen molar-refractivity contribution in [2.75, 3.05) is 0 Å². The van der Waals surface area contributed by atoms with E-state index in [4.69, 9.17) is 10.2 Å². The molecule has 0 aromatic heterocycles. The number of aliphatic hydroxyl groups is 1. The van der Waals surface area contributed by atoms with Crippen molar-refractivity contribution in [1.82, 2.24) is 0 Å². The molecule has 0 saturated carbocycles. The molecule has 0 bridgehead atoms. The Morgan fingerprint density at radius 3 is 2.60 bits per heavy atom. The summed E-state index contributed by atoms with van der Waals surface area (Å²) in [6.45, 7) is -0.0605. The van der Waals surface area contributed by atoms with Crippen molar-refractivity contribution in [1.29, 1.82) is 0 Å². The van der Waals surface area contributed by atoms with Gasteiger partial charge in [-0.15, -0.1) is 0 Å². The Morgan fingerprint density at radius 2 is 2.10 bits per heavy atom. The first kappa shape index (κ1) is 7.57. The van der Waals surface area contributed by atoms with Gasteiger partial charge < -0.3 is 10.2 Å². The van der Waals surface area contributed by atoms with Crippen molar-refractivity contribution in [3.8, 4) is 5.75 Å². The lowest BCUT2D eigenvalue weighted by atomic mass is 10.2. The van der Waals surface area contributed by atoms with Crippen LogP contribution < -0.4 is 0 Å². The highest BCUT2D eigenvalue weighted by Crippen LogP contribution is 2.21. The molecule has 0 amide bonds. The van der Waals surface area contributed by atoms with Crippen LogP contribution in [-0.4, -0.2) is 10.2 Å². The monoisotopic (exact) mass is 202 g/mol. The van der Waals surface area contributed by atoms with Crippen molar-refractivity contribution in [3.63, 3.8) is 0 Å². The summed E-state index contributed by atoms with van der Waals surface area (Å²) in [5, 5.41) is 17.6. The van der Waals surface area contributed by atoms with Crippen molar-refractivity contribution in [2.24, 2.45) is 0 Å². The second-order valence-corrected chi connectivity index (χ2v) is 2.79. The fourth-order valence-corrected chi connectivity index (χ4v) is 1.05. The smallest absolute Gasteiger partial charge is 0.116 e. The molecule has 0 aliphatic carbocycles. The maximum atomic E-state index is 8.94. The predicted molar refractivity (Wildman–Crippen MR) is 41.7 cm³/mol. The molecule has 0 fully saturated rings. The summed E-state index contributed by atoms with van der Waals surface area (Å²) in [6.07, 6.45) is 0. The number of aromatic hydroxyl groups is 1. The van der Waals surface area contributed by atoms with Crippen LogP contribution in [0.4, 0.5) is 0 Å². The third-order valence-corrected chi connectivity index (χ3v) is 1.97. The van der Waals surface area contributed by atoms with Crippen LogP contribution in [0.15, 0.2) is 22.7 Å². The van der Waals surface area contributed by atoms with Gasteiger partial charge in [0, 0.05) is 4.47 Å². The van der Waals surface area contributed by atoms with Crippen molar-refractivity contribution < 1.29 is 10.2 Å². The van der Waals surface area contributed by atoms with E-state index >= 15 is 0 Å². The minimum absolute atomic E-state index is 0.0605. The average Bonchev–Trinajstić information content (AvgIpc) is 1.94. The fraction of sp³-hybridized carbons (Fsp3) is 0.143. The summed E-state index contributed by atoms with van der Waals surface area (Å²) in [6, 6.07) is 4.77. The van der Waals surface area contributed by atoms with Gasteiger partial charge in [-0.05, 0) is 23.8 Å². The molecule has 1 rings (SSSR count). The first-order valence-electron chi connectivity index (χ1n) is 2.82.